The van der Waals surface area contributed by atoms with E-state index in [0.29, 0.717) is 41.0 Å². The zero-order valence-electron chi connectivity index (χ0n) is 19.0. The Bertz CT molecular complexity index is 1460. The monoisotopic (exact) mass is 468 g/mol. The number of aromatic hydroxyl groups is 1. The van der Waals surface area contributed by atoms with Crippen molar-refractivity contribution < 1.29 is 14.6 Å². The molecule has 0 bridgehead atoms. The second-order valence-corrected chi connectivity index (χ2v) is 8.17. The summed E-state index contributed by atoms with van der Waals surface area (Å²) >= 11 is 0. The molecular weight excluding hydrogens is 444 g/mol. The van der Waals surface area contributed by atoms with Crippen LogP contribution >= 0.6 is 0 Å². The Labute approximate surface area is 201 Å². The molecule has 35 heavy (non-hydrogen) atoms. The van der Waals surface area contributed by atoms with Crippen LogP contribution in [0.2, 0.25) is 0 Å². The summed E-state index contributed by atoms with van der Waals surface area (Å²) in [6, 6.07) is 12.6. The first-order chi connectivity index (χ1) is 17.0. The summed E-state index contributed by atoms with van der Waals surface area (Å²) in [5.74, 6) is 0.395. The van der Waals surface area contributed by atoms with Gasteiger partial charge in [-0.05, 0) is 42.3 Å². The number of phenols is 1. The Morgan fingerprint density at radius 1 is 1.23 bits per heavy atom. The average molecular weight is 469 g/mol. The number of carbonyl (C=O) groups excluding carboxylic acids is 1. The fourth-order valence-corrected chi connectivity index (χ4v) is 4.44. The molecule has 3 N–H and O–H groups in total. The van der Waals surface area contributed by atoms with E-state index in [2.05, 4.69) is 23.1 Å². The quantitative estimate of drug-likeness (QED) is 0.327. The molecule has 2 aromatic carbocycles. The van der Waals surface area contributed by atoms with Gasteiger partial charge in [-0.15, -0.1) is 0 Å². The van der Waals surface area contributed by atoms with Gasteiger partial charge in [0.2, 0.25) is 5.91 Å². The van der Waals surface area contributed by atoms with E-state index in [0.717, 1.165) is 11.3 Å². The molecule has 9 heteroatoms. The molecule has 1 unspecified atom stereocenters. The molecule has 0 radical (unpaired) electrons. The number of hydrogen-bond acceptors (Lipinski definition) is 7. The SMILES string of the molecule is C=CCOc1ccc(-c2nn(C3Cc4ccccc4N(C(=O)C=C)C3)c3ncnc(N)c23)cc1O. The van der Waals surface area contributed by atoms with Crippen LogP contribution in [0.5, 0.6) is 11.5 Å². The third kappa shape index (κ3) is 3.86. The second kappa shape index (κ2) is 8.94. The van der Waals surface area contributed by atoms with Crippen molar-refractivity contribution in [2.45, 2.75) is 12.5 Å². The topological polar surface area (TPSA) is 119 Å². The number of fused-ring (bicyclic) bond motifs is 2. The largest absolute Gasteiger partial charge is 0.504 e. The number of ether oxygens (including phenoxy) is 1. The number of para-hydroxylation sites is 1. The Morgan fingerprint density at radius 3 is 2.83 bits per heavy atom. The van der Waals surface area contributed by atoms with Crippen molar-refractivity contribution in [2.75, 3.05) is 23.8 Å². The molecule has 1 aliphatic heterocycles. The number of nitrogens with zero attached hydrogens (tertiary/aromatic N) is 5. The van der Waals surface area contributed by atoms with Crippen LogP contribution in [0.25, 0.3) is 22.3 Å². The Hall–Kier alpha value is -4.66. The van der Waals surface area contributed by atoms with Gasteiger partial charge in [-0.2, -0.15) is 5.10 Å². The predicted octanol–water partition coefficient (Wildman–Crippen LogP) is 3.66. The smallest absolute Gasteiger partial charge is 0.250 e. The maximum absolute atomic E-state index is 12.7. The van der Waals surface area contributed by atoms with E-state index in [4.69, 9.17) is 15.6 Å². The van der Waals surface area contributed by atoms with Crippen LogP contribution in [-0.2, 0) is 11.2 Å². The van der Waals surface area contributed by atoms with Gasteiger partial charge in [0, 0.05) is 17.8 Å². The number of nitrogen functional groups attached to an aromatic ring is 1. The van der Waals surface area contributed by atoms with Gasteiger partial charge in [-0.1, -0.05) is 37.4 Å². The lowest BCUT2D eigenvalue weighted by Gasteiger charge is -2.34. The standard InChI is InChI=1S/C26H24N6O3/c1-3-11-35-21-10-9-17(13-20(21)33)24-23-25(27)28-15-29-26(23)32(30-24)18-12-16-7-5-6-8-19(16)31(14-18)22(34)4-2/h3-10,13,15,18,33H,1-2,11-12,14H2,(H2,27,28,29). The van der Waals surface area contributed by atoms with Crippen LogP contribution < -0.4 is 15.4 Å². The van der Waals surface area contributed by atoms with Gasteiger partial charge in [0.25, 0.3) is 0 Å². The van der Waals surface area contributed by atoms with E-state index in [9.17, 15) is 9.90 Å². The normalized spacial score (nSPS) is 15.0. The number of anilines is 2. The minimum absolute atomic E-state index is 0.0307. The minimum Gasteiger partial charge on any atom is -0.504 e. The second-order valence-electron chi connectivity index (χ2n) is 8.17. The third-order valence-corrected chi connectivity index (χ3v) is 6.02. The van der Waals surface area contributed by atoms with Crippen molar-refractivity contribution in [3.63, 3.8) is 0 Å². The van der Waals surface area contributed by atoms with Gasteiger partial charge in [-0.25, -0.2) is 14.6 Å². The molecule has 0 aliphatic carbocycles. The summed E-state index contributed by atoms with van der Waals surface area (Å²) < 4.78 is 7.27. The Balaban J connectivity index is 1.62. The summed E-state index contributed by atoms with van der Waals surface area (Å²) in [7, 11) is 0. The summed E-state index contributed by atoms with van der Waals surface area (Å²) in [5, 5.41) is 15.9. The maximum atomic E-state index is 12.7. The van der Waals surface area contributed by atoms with Crippen molar-refractivity contribution in [3.8, 4) is 22.8 Å². The van der Waals surface area contributed by atoms with Crippen molar-refractivity contribution in [2.24, 2.45) is 0 Å². The van der Waals surface area contributed by atoms with E-state index in [1.165, 1.54) is 12.4 Å². The number of benzene rings is 2. The molecule has 1 atom stereocenters. The summed E-state index contributed by atoms with van der Waals surface area (Å²) in [6.45, 7) is 7.94. The molecule has 0 fully saturated rings. The van der Waals surface area contributed by atoms with E-state index in [1.807, 2.05) is 24.3 Å². The number of phenolic OH excluding ortho intramolecular Hbond substituents is 1. The van der Waals surface area contributed by atoms with Crippen LogP contribution in [0.4, 0.5) is 11.5 Å². The van der Waals surface area contributed by atoms with Crippen molar-refractivity contribution in [3.05, 3.63) is 79.7 Å². The Morgan fingerprint density at radius 2 is 2.06 bits per heavy atom. The molecule has 5 rings (SSSR count). The van der Waals surface area contributed by atoms with E-state index in [1.54, 1.807) is 33.9 Å². The van der Waals surface area contributed by atoms with Crippen molar-refractivity contribution in [1.29, 1.82) is 0 Å². The van der Waals surface area contributed by atoms with Gasteiger partial charge < -0.3 is 20.5 Å². The highest BCUT2D eigenvalue weighted by Gasteiger charge is 2.31. The lowest BCUT2D eigenvalue weighted by Crippen LogP contribution is -2.40. The first-order valence-electron chi connectivity index (χ1n) is 11.1. The molecular formula is C26H24N6O3. The van der Waals surface area contributed by atoms with Crippen LogP contribution in [0, 0.1) is 0 Å². The summed E-state index contributed by atoms with van der Waals surface area (Å²) in [4.78, 5) is 23.0. The van der Waals surface area contributed by atoms with E-state index in [-0.39, 0.29) is 30.1 Å². The number of rotatable bonds is 6. The van der Waals surface area contributed by atoms with Crippen LogP contribution in [0.15, 0.2) is 74.1 Å². The fraction of sp³-hybridized carbons (Fsp3) is 0.154. The number of amides is 1. The van der Waals surface area contributed by atoms with Crippen molar-refractivity contribution in [1.82, 2.24) is 19.7 Å². The zero-order valence-corrected chi connectivity index (χ0v) is 19.0. The maximum Gasteiger partial charge on any atom is 0.250 e. The third-order valence-electron chi connectivity index (χ3n) is 6.02. The minimum atomic E-state index is -0.205. The van der Waals surface area contributed by atoms with E-state index >= 15 is 0 Å². The summed E-state index contributed by atoms with van der Waals surface area (Å²) in [6.07, 6.45) is 4.96. The summed E-state index contributed by atoms with van der Waals surface area (Å²) in [5.41, 5.74) is 9.86. The highest BCUT2D eigenvalue weighted by atomic mass is 16.5. The average Bonchev–Trinajstić information content (AvgIpc) is 3.28. The van der Waals surface area contributed by atoms with Gasteiger partial charge in [0.1, 0.15) is 24.4 Å². The van der Waals surface area contributed by atoms with Gasteiger partial charge in [0.05, 0.1) is 11.4 Å². The first kappa shape index (κ1) is 22.1. The number of hydrogen-bond donors (Lipinski definition) is 2. The van der Waals surface area contributed by atoms with Crippen LogP contribution in [0.3, 0.4) is 0 Å². The number of aromatic nitrogens is 4. The Kier molecular flexibility index (Phi) is 5.66. The molecule has 0 spiro atoms. The van der Waals surface area contributed by atoms with Gasteiger partial charge in [-0.3, -0.25) is 4.79 Å². The molecule has 176 valence electrons. The highest BCUT2D eigenvalue weighted by Crippen LogP contribution is 2.38. The lowest BCUT2D eigenvalue weighted by atomic mass is 9.97. The molecule has 1 aliphatic rings. The molecule has 3 heterocycles. The molecule has 4 aromatic rings. The number of carbonyl (C=O) groups is 1. The fourth-order valence-electron chi connectivity index (χ4n) is 4.44. The van der Waals surface area contributed by atoms with Crippen LogP contribution in [0.1, 0.15) is 11.6 Å². The van der Waals surface area contributed by atoms with Gasteiger partial charge in [0.15, 0.2) is 17.1 Å². The lowest BCUT2D eigenvalue weighted by molar-refractivity contribution is -0.114. The predicted molar refractivity (Wildman–Crippen MR) is 134 cm³/mol. The van der Waals surface area contributed by atoms with E-state index < -0.39 is 0 Å². The molecule has 2 aromatic heterocycles. The zero-order chi connectivity index (χ0) is 24.5. The molecule has 9 nitrogen and oxygen atoms in total. The van der Waals surface area contributed by atoms with Gasteiger partial charge >= 0.3 is 0 Å². The molecule has 0 saturated carbocycles. The molecule has 0 saturated heterocycles. The molecule has 1 amide bonds. The first-order valence-corrected chi connectivity index (χ1v) is 11.1. The number of nitrogens with two attached hydrogens (primary N) is 1. The highest BCUT2D eigenvalue weighted by molar-refractivity contribution is 6.02. The van der Waals surface area contributed by atoms with Crippen molar-refractivity contribution >= 4 is 28.4 Å². The van der Waals surface area contributed by atoms with Crippen LogP contribution in [-0.4, -0.2) is 43.9 Å².